The molecule has 1 aromatic carbocycles. The monoisotopic (exact) mass is 413 g/mol. The summed E-state index contributed by atoms with van der Waals surface area (Å²) in [5.74, 6) is 4.01. The number of furan rings is 1. The van der Waals surface area contributed by atoms with Gasteiger partial charge in [-0.1, -0.05) is 12.1 Å². The number of rotatable bonds is 7. The van der Waals surface area contributed by atoms with Crippen LogP contribution in [0.2, 0.25) is 0 Å². The quantitative estimate of drug-likeness (QED) is 0.480. The zero-order valence-electron chi connectivity index (χ0n) is 16.0. The second-order valence-corrected chi connectivity index (χ2v) is 9.53. The van der Waals surface area contributed by atoms with E-state index in [1.165, 1.54) is 17.1 Å². The normalized spacial score (nSPS) is 14.5. The summed E-state index contributed by atoms with van der Waals surface area (Å²) >= 11 is 3.96. The Balaban J connectivity index is 1.39. The van der Waals surface area contributed by atoms with Gasteiger partial charge in [0, 0.05) is 28.5 Å². The van der Waals surface area contributed by atoms with Crippen molar-refractivity contribution >= 4 is 29.3 Å². The van der Waals surface area contributed by atoms with Crippen molar-refractivity contribution in [1.29, 1.82) is 0 Å². The fourth-order valence-corrected chi connectivity index (χ4v) is 6.24. The Labute approximate surface area is 173 Å². The van der Waals surface area contributed by atoms with Crippen LogP contribution in [0.4, 0.5) is 0 Å². The summed E-state index contributed by atoms with van der Waals surface area (Å²) in [6.45, 7) is 4.63. The van der Waals surface area contributed by atoms with Gasteiger partial charge in [-0.25, -0.2) is 0 Å². The topological polar surface area (TPSA) is 44.4 Å². The molecule has 3 aromatic rings. The van der Waals surface area contributed by atoms with E-state index in [9.17, 15) is 4.79 Å². The van der Waals surface area contributed by atoms with Crippen LogP contribution in [-0.2, 0) is 6.54 Å². The number of Topliss-reactive ketones (excluding diaryl/α,β-unsaturated/α-hetero) is 1. The highest BCUT2D eigenvalue weighted by Crippen LogP contribution is 2.45. The van der Waals surface area contributed by atoms with E-state index in [-0.39, 0.29) is 12.4 Å². The zero-order chi connectivity index (χ0) is 19.5. The number of nitrogens with zero attached hydrogens (tertiary/aromatic N) is 1. The fourth-order valence-electron chi connectivity index (χ4n) is 3.38. The summed E-state index contributed by atoms with van der Waals surface area (Å²) in [7, 11) is 0. The average molecular weight is 414 g/mol. The van der Waals surface area contributed by atoms with Crippen molar-refractivity contribution in [3.05, 3.63) is 77.0 Å². The minimum Gasteiger partial charge on any atom is -0.485 e. The van der Waals surface area contributed by atoms with Crippen LogP contribution < -0.4 is 4.74 Å². The molecular weight excluding hydrogens is 390 g/mol. The van der Waals surface area contributed by atoms with Gasteiger partial charge in [-0.2, -0.15) is 0 Å². The van der Waals surface area contributed by atoms with Crippen molar-refractivity contribution in [3.63, 3.8) is 0 Å². The number of carbonyl (C=O) groups excluding carboxylic acids is 1. The van der Waals surface area contributed by atoms with Crippen LogP contribution in [0.3, 0.4) is 0 Å². The molecule has 1 aliphatic rings. The van der Waals surface area contributed by atoms with E-state index in [1.54, 1.807) is 6.26 Å². The van der Waals surface area contributed by atoms with E-state index in [0.29, 0.717) is 16.7 Å². The Morgan fingerprint density at radius 2 is 1.93 bits per heavy atom. The summed E-state index contributed by atoms with van der Waals surface area (Å²) < 4.78 is 13.8. The van der Waals surface area contributed by atoms with E-state index in [2.05, 4.69) is 16.7 Å². The van der Waals surface area contributed by atoms with Gasteiger partial charge < -0.3 is 13.7 Å². The Kier molecular flexibility index (Phi) is 5.87. The van der Waals surface area contributed by atoms with Gasteiger partial charge in [-0.05, 0) is 49.7 Å². The van der Waals surface area contributed by atoms with Crippen molar-refractivity contribution in [2.75, 3.05) is 18.1 Å². The van der Waals surface area contributed by atoms with Gasteiger partial charge >= 0.3 is 0 Å². The highest BCUT2D eigenvalue weighted by atomic mass is 32.2. The average Bonchev–Trinajstić information content (AvgIpc) is 3.46. The highest BCUT2D eigenvalue weighted by Gasteiger charge is 2.19. The lowest BCUT2D eigenvalue weighted by molar-refractivity contribution is 0.0920. The third-order valence-corrected chi connectivity index (χ3v) is 8.02. The Bertz CT molecular complexity index is 939. The molecule has 0 N–H and O–H groups in total. The standard InChI is InChI=1S/C22H23NO3S2/c1-15-12-20(16(2)23(15)13-19-4-3-9-25-19)21(24)14-26-18-7-5-17(6-8-18)22-27-10-11-28-22/h3-9,12,22H,10-11,13-14H2,1-2H3. The summed E-state index contributed by atoms with van der Waals surface area (Å²) in [6, 6.07) is 13.9. The number of carbonyl (C=O) groups is 1. The molecule has 146 valence electrons. The predicted octanol–water partition coefficient (Wildman–Crippen LogP) is 5.49. The van der Waals surface area contributed by atoms with E-state index in [0.717, 1.165) is 22.9 Å². The highest BCUT2D eigenvalue weighted by molar-refractivity contribution is 8.19. The van der Waals surface area contributed by atoms with Crippen LogP contribution >= 0.6 is 23.5 Å². The molecule has 0 radical (unpaired) electrons. The van der Waals surface area contributed by atoms with Crippen LogP contribution in [0.5, 0.6) is 5.75 Å². The number of ketones is 1. The van der Waals surface area contributed by atoms with Gasteiger partial charge in [-0.3, -0.25) is 4.79 Å². The fraction of sp³-hybridized carbons (Fsp3) is 0.318. The van der Waals surface area contributed by atoms with E-state index in [1.807, 2.05) is 67.7 Å². The minimum absolute atomic E-state index is 0.00947. The molecule has 0 saturated carbocycles. The molecule has 3 heterocycles. The van der Waals surface area contributed by atoms with Gasteiger partial charge in [0.15, 0.2) is 6.61 Å². The lowest BCUT2D eigenvalue weighted by Crippen LogP contribution is -2.13. The first-order valence-electron chi connectivity index (χ1n) is 9.30. The lowest BCUT2D eigenvalue weighted by atomic mass is 10.1. The molecule has 1 saturated heterocycles. The number of benzene rings is 1. The van der Waals surface area contributed by atoms with Crippen molar-refractivity contribution in [2.24, 2.45) is 0 Å². The molecule has 0 atom stereocenters. The smallest absolute Gasteiger partial charge is 0.202 e. The van der Waals surface area contributed by atoms with Gasteiger partial charge in [0.05, 0.1) is 17.4 Å². The zero-order valence-corrected chi connectivity index (χ0v) is 17.6. The molecule has 0 spiro atoms. The first kappa shape index (κ1) is 19.3. The summed E-state index contributed by atoms with van der Waals surface area (Å²) in [6.07, 6.45) is 1.67. The second kappa shape index (κ2) is 8.53. The van der Waals surface area contributed by atoms with E-state index < -0.39 is 0 Å². The first-order valence-corrected chi connectivity index (χ1v) is 11.4. The molecule has 28 heavy (non-hydrogen) atoms. The van der Waals surface area contributed by atoms with Crippen molar-refractivity contribution in [3.8, 4) is 5.75 Å². The number of aryl methyl sites for hydroxylation is 1. The predicted molar refractivity (Wildman–Crippen MR) is 116 cm³/mol. The summed E-state index contributed by atoms with van der Waals surface area (Å²) in [4.78, 5) is 12.7. The largest absolute Gasteiger partial charge is 0.485 e. The molecule has 1 aliphatic heterocycles. The van der Waals surface area contributed by atoms with Crippen LogP contribution in [0, 0.1) is 13.8 Å². The molecule has 2 aromatic heterocycles. The molecule has 1 fully saturated rings. The Morgan fingerprint density at radius 1 is 1.18 bits per heavy atom. The maximum atomic E-state index is 12.7. The van der Waals surface area contributed by atoms with Crippen LogP contribution in [0.1, 0.15) is 37.7 Å². The van der Waals surface area contributed by atoms with Gasteiger partial charge in [0.25, 0.3) is 0 Å². The van der Waals surface area contributed by atoms with Gasteiger partial charge in [0.2, 0.25) is 5.78 Å². The van der Waals surface area contributed by atoms with Crippen LogP contribution in [-0.4, -0.2) is 28.5 Å². The summed E-state index contributed by atoms with van der Waals surface area (Å²) in [5, 5.41) is 0. The molecular formula is C22H23NO3S2. The van der Waals surface area contributed by atoms with Crippen LogP contribution in [0.25, 0.3) is 0 Å². The van der Waals surface area contributed by atoms with Gasteiger partial charge in [0.1, 0.15) is 11.5 Å². The van der Waals surface area contributed by atoms with Crippen molar-refractivity contribution in [2.45, 2.75) is 25.0 Å². The van der Waals surface area contributed by atoms with E-state index in [4.69, 9.17) is 9.15 Å². The molecule has 6 heteroatoms. The maximum absolute atomic E-state index is 12.7. The number of aromatic nitrogens is 1. The molecule has 4 rings (SSSR count). The van der Waals surface area contributed by atoms with Crippen LogP contribution in [0.15, 0.2) is 53.1 Å². The minimum atomic E-state index is -0.00947. The first-order chi connectivity index (χ1) is 13.6. The number of hydrogen-bond donors (Lipinski definition) is 0. The third-order valence-electron chi connectivity index (χ3n) is 4.91. The molecule has 0 amide bonds. The Morgan fingerprint density at radius 3 is 2.61 bits per heavy atom. The second-order valence-electron chi connectivity index (χ2n) is 6.80. The Hall–Kier alpha value is -2.05. The van der Waals surface area contributed by atoms with Crippen molar-refractivity contribution in [1.82, 2.24) is 4.57 Å². The lowest BCUT2D eigenvalue weighted by Gasteiger charge is -2.10. The number of ether oxygens (including phenoxy) is 1. The van der Waals surface area contributed by atoms with E-state index >= 15 is 0 Å². The summed E-state index contributed by atoms with van der Waals surface area (Å²) in [5.41, 5.74) is 3.99. The molecule has 0 aliphatic carbocycles. The number of thioether (sulfide) groups is 2. The third kappa shape index (κ3) is 4.18. The van der Waals surface area contributed by atoms with Crippen molar-refractivity contribution < 1.29 is 13.9 Å². The molecule has 0 unspecified atom stereocenters. The SMILES string of the molecule is Cc1cc(C(=O)COc2ccc(C3SCCS3)cc2)c(C)n1Cc1ccco1. The molecule has 4 nitrogen and oxygen atoms in total. The maximum Gasteiger partial charge on any atom is 0.202 e. The number of hydrogen-bond acceptors (Lipinski definition) is 5. The molecule has 0 bridgehead atoms. The van der Waals surface area contributed by atoms with Gasteiger partial charge in [-0.15, -0.1) is 23.5 Å².